The summed E-state index contributed by atoms with van der Waals surface area (Å²) in [5, 5.41) is 0. The molecule has 0 saturated heterocycles. The van der Waals surface area contributed by atoms with Gasteiger partial charge in [0.25, 0.3) is 10.0 Å². The summed E-state index contributed by atoms with van der Waals surface area (Å²) in [7, 11) is -3.96. The van der Waals surface area contributed by atoms with E-state index in [2.05, 4.69) is 20.7 Å². The fourth-order valence-electron chi connectivity index (χ4n) is 3.63. The van der Waals surface area contributed by atoms with Crippen LogP contribution in [-0.4, -0.2) is 25.4 Å². The third-order valence-corrected chi connectivity index (χ3v) is 7.69. The number of nitrogens with zero attached hydrogens (tertiary/aromatic N) is 2. The SMILES string of the molecule is CCn1c(=O)sc2cc(NS(=O)(=O)c3cc(Br)cc4c3N(C(C)=O)CC4)ccc21. The summed E-state index contributed by atoms with van der Waals surface area (Å²) in [4.78, 5) is 25.5. The van der Waals surface area contributed by atoms with Gasteiger partial charge in [-0.25, -0.2) is 8.42 Å². The maximum atomic E-state index is 13.2. The van der Waals surface area contributed by atoms with Gasteiger partial charge < -0.3 is 4.90 Å². The molecule has 0 spiro atoms. The number of benzene rings is 2. The summed E-state index contributed by atoms with van der Waals surface area (Å²) in [6.07, 6.45) is 0.599. The van der Waals surface area contributed by atoms with Crippen LogP contribution >= 0.6 is 27.3 Å². The zero-order valence-electron chi connectivity index (χ0n) is 15.7. The fourth-order valence-corrected chi connectivity index (χ4v) is 6.60. The van der Waals surface area contributed by atoms with Gasteiger partial charge >= 0.3 is 4.87 Å². The lowest BCUT2D eigenvalue weighted by atomic mass is 10.2. The van der Waals surface area contributed by atoms with Crippen LogP contribution in [0.3, 0.4) is 0 Å². The second kappa shape index (κ2) is 7.26. The number of sulfonamides is 1. The molecule has 1 aliphatic heterocycles. The Morgan fingerprint density at radius 1 is 1.28 bits per heavy atom. The molecule has 1 N–H and O–H groups in total. The van der Waals surface area contributed by atoms with Crippen LogP contribution in [0.5, 0.6) is 0 Å². The van der Waals surface area contributed by atoms with Gasteiger partial charge in [0.05, 0.1) is 21.6 Å². The van der Waals surface area contributed by atoms with Crippen molar-refractivity contribution in [1.82, 2.24) is 4.57 Å². The highest BCUT2D eigenvalue weighted by molar-refractivity contribution is 9.10. The smallest absolute Gasteiger partial charge is 0.308 e. The number of rotatable bonds is 4. The molecule has 0 atom stereocenters. The number of aromatic nitrogens is 1. The molecule has 2 heterocycles. The van der Waals surface area contributed by atoms with Gasteiger partial charge in [0.2, 0.25) is 5.91 Å². The summed E-state index contributed by atoms with van der Waals surface area (Å²) in [5.41, 5.74) is 2.37. The molecule has 0 unspecified atom stereocenters. The van der Waals surface area contributed by atoms with E-state index in [0.29, 0.717) is 40.1 Å². The van der Waals surface area contributed by atoms with Crippen LogP contribution in [0.25, 0.3) is 10.2 Å². The van der Waals surface area contributed by atoms with Gasteiger partial charge in [-0.15, -0.1) is 0 Å². The number of hydrogen-bond acceptors (Lipinski definition) is 5. The molecule has 3 aromatic rings. The number of carbonyl (C=O) groups excluding carboxylic acids is 1. The van der Waals surface area contributed by atoms with Crippen molar-refractivity contribution in [1.29, 1.82) is 0 Å². The summed E-state index contributed by atoms with van der Waals surface area (Å²) in [6, 6.07) is 8.38. The minimum absolute atomic E-state index is 0.0500. The zero-order valence-corrected chi connectivity index (χ0v) is 18.9. The second-order valence-corrected chi connectivity index (χ2v) is 10.3. The minimum Gasteiger partial charge on any atom is -0.311 e. The Kier molecular flexibility index (Phi) is 5.04. The van der Waals surface area contributed by atoms with Crippen molar-refractivity contribution in [2.24, 2.45) is 0 Å². The maximum Gasteiger partial charge on any atom is 0.308 e. The third-order valence-electron chi connectivity index (χ3n) is 4.90. The van der Waals surface area contributed by atoms with E-state index in [1.165, 1.54) is 17.9 Å². The van der Waals surface area contributed by atoms with Crippen LogP contribution in [0.4, 0.5) is 11.4 Å². The number of thiazole rings is 1. The first-order valence-electron chi connectivity index (χ1n) is 8.98. The summed E-state index contributed by atoms with van der Waals surface area (Å²) < 4.78 is 32.0. The van der Waals surface area contributed by atoms with Crippen LogP contribution in [0, 0.1) is 0 Å². The van der Waals surface area contributed by atoms with Crippen molar-refractivity contribution in [2.75, 3.05) is 16.2 Å². The van der Waals surface area contributed by atoms with Crippen molar-refractivity contribution in [3.63, 3.8) is 0 Å². The molecule has 152 valence electrons. The molecule has 1 amide bonds. The summed E-state index contributed by atoms with van der Waals surface area (Å²) in [6.45, 7) is 4.32. The molecule has 2 aromatic carbocycles. The first-order valence-corrected chi connectivity index (χ1v) is 12.1. The maximum absolute atomic E-state index is 13.2. The summed E-state index contributed by atoms with van der Waals surface area (Å²) in [5.74, 6) is -0.199. The van der Waals surface area contributed by atoms with E-state index in [9.17, 15) is 18.0 Å². The van der Waals surface area contributed by atoms with Gasteiger partial charge in [0, 0.05) is 24.5 Å². The number of amides is 1. The number of fused-ring (bicyclic) bond motifs is 2. The summed E-state index contributed by atoms with van der Waals surface area (Å²) >= 11 is 4.45. The van der Waals surface area contributed by atoms with Gasteiger partial charge in [-0.2, -0.15) is 0 Å². The molecule has 0 bridgehead atoms. The van der Waals surface area contributed by atoms with Crippen molar-refractivity contribution >= 4 is 64.8 Å². The highest BCUT2D eigenvalue weighted by Crippen LogP contribution is 2.38. The third kappa shape index (κ3) is 3.49. The Labute approximate surface area is 180 Å². The monoisotopic (exact) mass is 495 g/mol. The lowest BCUT2D eigenvalue weighted by Crippen LogP contribution is -2.28. The van der Waals surface area contributed by atoms with E-state index in [1.807, 2.05) is 13.0 Å². The first-order chi connectivity index (χ1) is 13.7. The molecular weight excluding hydrogens is 478 g/mol. The standard InChI is InChI=1S/C19H18BrN3O4S2/c1-3-22-15-5-4-14(10-16(15)28-19(22)25)21-29(26,27)17-9-13(20)8-12-6-7-23(11(2)24)18(12)17/h4-5,8-10,21H,3,6-7H2,1-2H3. The highest BCUT2D eigenvalue weighted by Gasteiger charge is 2.31. The molecule has 0 radical (unpaired) electrons. The van der Waals surface area contributed by atoms with Crippen molar-refractivity contribution in [2.45, 2.75) is 31.7 Å². The van der Waals surface area contributed by atoms with Gasteiger partial charge in [-0.1, -0.05) is 27.3 Å². The Balaban J connectivity index is 1.78. The van der Waals surface area contributed by atoms with Crippen LogP contribution in [0.15, 0.2) is 44.5 Å². The predicted molar refractivity (Wildman–Crippen MR) is 118 cm³/mol. The number of carbonyl (C=O) groups is 1. The Morgan fingerprint density at radius 2 is 2.03 bits per heavy atom. The molecule has 0 fully saturated rings. The lowest BCUT2D eigenvalue weighted by molar-refractivity contribution is -0.116. The van der Waals surface area contributed by atoms with Crippen molar-refractivity contribution in [3.05, 3.63) is 50.0 Å². The van der Waals surface area contributed by atoms with E-state index in [1.54, 1.807) is 22.8 Å². The Morgan fingerprint density at radius 3 is 2.72 bits per heavy atom. The topological polar surface area (TPSA) is 88.5 Å². The Hall–Kier alpha value is -2.17. The molecular formula is C19H18BrN3O4S2. The van der Waals surface area contributed by atoms with Crippen LogP contribution in [0.1, 0.15) is 19.4 Å². The van der Waals surface area contributed by atoms with Gasteiger partial charge in [0.15, 0.2) is 0 Å². The van der Waals surface area contributed by atoms with Crippen molar-refractivity contribution < 1.29 is 13.2 Å². The first kappa shape index (κ1) is 20.1. The fraction of sp³-hybridized carbons (Fsp3) is 0.263. The number of nitrogens with one attached hydrogen (secondary N) is 1. The molecule has 7 nitrogen and oxygen atoms in total. The largest absolute Gasteiger partial charge is 0.311 e. The molecule has 0 saturated carbocycles. The zero-order chi connectivity index (χ0) is 20.9. The average molecular weight is 496 g/mol. The number of aryl methyl sites for hydroxylation is 1. The van der Waals surface area contributed by atoms with Crippen LogP contribution in [0.2, 0.25) is 0 Å². The lowest BCUT2D eigenvalue weighted by Gasteiger charge is -2.19. The van der Waals surface area contributed by atoms with Gasteiger partial charge in [0.1, 0.15) is 4.90 Å². The highest BCUT2D eigenvalue weighted by atomic mass is 79.9. The quantitative estimate of drug-likeness (QED) is 0.599. The molecule has 10 heteroatoms. The van der Waals surface area contributed by atoms with Crippen LogP contribution < -0.4 is 14.5 Å². The second-order valence-electron chi connectivity index (χ2n) is 6.73. The van der Waals surface area contributed by atoms with Crippen LogP contribution in [-0.2, 0) is 27.8 Å². The van der Waals surface area contributed by atoms with E-state index in [-0.39, 0.29) is 15.7 Å². The molecule has 1 aliphatic rings. The van der Waals surface area contributed by atoms with Gasteiger partial charge in [-0.05, 0) is 49.2 Å². The van der Waals surface area contributed by atoms with E-state index >= 15 is 0 Å². The minimum atomic E-state index is -3.96. The molecule has 4 rings (SSSR count). The Bertz CT molecular complexity index is 1310. The van der Waals surface area contributed by atoms with E-state index in [0.717, 1.165) is 22.4 Å². The molecule has 1 aromatic heterocycles. The molecule has 29 heavy (non-hydrogen) atoms. The van der Waals surface area contributed by atoms with E-state index < -0.39 is 10.0 Å². The van der Waals surface area contributed by atoms with E-state index in [4.69, 9.17) is 0 Å². The normalized spacial score (nSPS) is 13.7. The number of anilines is 2. The number of hydrogen-bond donors (Lipinski definition) is 1. The van der Waals surface area contributed by atoms with Gasteiger partial charge in [-0.3, -0.25) is 18.9 Å². The van der Waals surface area contributed by atoms with Crippen molar-refractivity contribution in [3.8, 4) is 0 Å². The average Bonchev–Trinajstić information content (AvgIpc) is 3.19. The number of halogens is 1. The predicted octanol–water partition coefficient (Wildman–Crippen LogP) is 3.56. The molecule has 0 aliphatic carbocycles.